The standard InChI is InChI=1S/C20H22N4O.C19H20ClN3O2/c1-5-21-11-10-14-12-15(20(2,3)4)19(25)18(13-14)24-22-16-8-6-7-9-17(16)23-24;1-19(2,3)13-10-12(8-9-17(20)24)11-16(18(13)25)23-21-14-6-4-5-7-15(14)22-23/h6-9,12-13,25H,1,10-11H2,2-4H3;4-7,10-11,25H,8-9H2,1-3H3. The Labute approximate surface area is 296 Å². The third-order valence-electron chi connectivity index (χ3n) is 8.15. The number of aromatic hydroxyl groups is 2. The van der Waals surface area contributed by atoms with Crippen LogP contribution in [-0.4, -0.2) is 57.9 Å². The van der Waals surface area contributed by atoms with Gasteiger partial charge in [-0.1, -0.05) is 77.9 Å². The number of rotatable bonds is 8. The first-order valence-corrected chi connectivity index (χ1v) is 16.8. The van der Waals surface area contributed by atoms with Gasteiger partial charge in [-0.2, -0.15) is 0 Å². The molecule has 2 N–H and O–H groups in total. The Kier molecular flexibility index (Phi) is 10.6. The highest BCUT2D eigenvalue weighted by Gasteiger charge is 2.24. The van der Waals surface area contributed by atoms with Gasteiger partial charge in [0.05, 0.1) is 6.54 Å². The average molecular weight is 692 g/mol. The van der Waals surface area contributed by atoms with E-state index in [2.05, 4.69) is 58.6 Å². The highest BCUT2D eigenvalue weighted by molar-refractivity contribution is 6.63. The summed E-state index contributed by atoms with van der Waals surface area (Å²) in [5, 5.41) is 39.2. The van der Waals surface area contributed by atoms with E-state index in [1.165, 1.54) is 9.59 Å². The Morgan fingerprint density at radius 3 is 1.44 bits per heavy atom. The highest BCUT2D eigenvalue weighted by Crippen LogP contribution is 2.38. The van der Waals surface area contributed by atoms with Crippen LogP contribution < -0.4 is 0 Å². The number of benzene rings is 4. The lowest BCUT2D eigenvalue weighted by Crippen LogP contribution is -2.14. The maximum absolute atomic E-state index is 11.1. The molecule has 0 radical (unpaired) electrons. The van der Waals surface area contributed by atoms with Crippen molar-refractivity contribution in [3.8, 4) is 22.9 Å². The Hall–Kier alpha value is -5.31. The molecule has 258 valence electrons. The lowest BCUT2D eigenvalue weighted by molar-refractivity contribution is -0.111. The zero-order chi connectivity index (χ0) is 36.2. The van der Waals surface area contributed by atoms with Gasteiger partial charge in [-0.05, 0) is 95.2 Å². The van der Waals surface area contributed by atoms with Gasteiger partial charge in [-0.25, -0.2) is 4.99 Å². The van der Waals surface area contributed by atoms with Gasteiger partial charge in [-0.15, -0.1) is 30.0 Å². The topological polar surface area (TPSA) is 131 Å². The van der Waals surface area contributed by atoms with E-state index in [1.54, 1.807) is 0 Å². The molecule has 0 saturated heterocycles. The summed E-state index contributed by atoms with van der Waals surface area (Å²) in [6, 6.07) is 22.9. The molecule has 0 unspecified atom stereocenters. The fourth-order valence-corrected chi connectivity index (χ4v) is 5.63. The van der Waals surface area contributed by atoms with Gasteiger partial charge in [-0.3, -0.25) is 4.79 Å². The molecule has 0 bridgehead atoms. The number of fused-ring (bicyclic) bond motifs is 2. The quantitative estimate of drug-likeness (QED) is 0.122. The van der Waals surface area contributed by atoms with Crippen LogP contribution in [0.2, 0.25) is 0 Å². The molecule has 0 fully saturated rings. The summed E-state index contributed by atoms with van der Waals surface area (Å²) < 4.78 is 0. The number of hydrogen-bond donors (Lipinski definition) is 2. The van der Waals surface area contributed by atoms with Crippen LogP contribution in [0.3, 0.4) is 0 Å². The fourth-order valence-electron chi connectivity index (χ4n) is 5.53. The number of nitrogens with zero attached hydrogens (tertiary/aromatic N) is 7. The number of halogens is 1. The van der Waals surface area contributed by atoms with E-state index in [0.29, 0.717) is 24.3 Å². The van der Waals surface area contributed by atoms with Crippen molar-refractivity contribution in [2.45, 2.75) is 71.6 Å². The molecule has 4 aromatic carbocycles. The molecule has 2 aromatic heterocycles. The molecule has 6 rings (SSSR count). The minimum Gasteiger partial charge on any atom is -0.505 e. The number of phenolic OH excluding ortho intramolecular Hbond substituents is 2. The molecule has 2 heterocycles. The van der Waals surface area contributed by atoms with Crippen LogP contribution >= 0.6 is 11.6 Å². The predicted octanol–water partition coefficient (Wildman–Crippen LogP) is 7.94. The summed E-state index contributed by atoms with van der Waals surface area (Å²) in [6.07, 6.45) is 1.48. The van der Waals surface area contributed by atoms with Gasteiger partial charge in [0, 0.05) is 17.5 Å². The van der Waals surface area contributed by atoms with Crippen molar-refractivity contribution in [1.29, 1.82) is 0 Å². The molecule has 10 nitrogen and oxygen atoms in total. The Morgan fingerprint density at radius 2 is 1.10 bits per heavy atom. The molecule has 0 atom stereocenters. The number of aromatic nitrogens is 6. The third-order valence-corrected chi connectivity index (χ3v) is 8.34. The lowest BCUT2D eigenvalue weighted by Gasteiger charge is -2.23. The van der Waals surface area contributed by atoms with E-state index >= 15 is 0 Å². The Bertz CT molecular complexity index is 2010. The van der Waals surface area contributed by atoms with E-state index in [0.717, 1.165) is 50.7 Å². The highest BCUT2D eigenvalue weighted by atomic mass is 35.5. The minimum absolute atomic E-state index is 0.147. The molecule has 50 heavy (non-hydrogen) atoms. The number of aryl methyl sites for hydroxylation is 1. The van der Waals surface area contributed by atoms with Crippen molar-refractivity contribution in [3.63, 3.8) is 0 Å². The Balaban J connectivity index is 0.000000194. The van der Waals surface area contributed by atoms with Crippen LogP contribution in [0.5, 0.6) is 11.5 Å². The second kappa shape index (κ2) is 14.7. The van der Waals surface area contributed by atoms with Crippen LogP contribution in [0.15, 0.2) is 84.4 Å². The van der Waals surface area contributed by atoms with E-state index in [1.807, 2.05) is 93.6 Å². The van der Waals surface area contributed by atoms with Gasteiger partial charge in [0.2, 0.25) is 5.24 Å². The van der Waals surface area contributed by atoms with Crippen molar-refractivity contribution >= 4 is 44.8 Å². The first-order valence-electron chi connectivity index (χ1n) is 16.4. The first-order chi connectivity index (χ1) is 23.7. The van der Waals surface area contributed by atoms with Crippen molar-refractivity contribution in [3.05, 3.63) is 102 Å². The van der Waals surface area contributed by atoms with Gasteiger partial charge in [0.15, 0.2) is 0 Å². The molecular weight excluding hydrogens is 650 g/mol. The lowest BCUT2D eigenvalue weighted by atomic mass is 9.84. The molecule has 6 aromatic rings. The monoisotopic (exact) mass is 691 g/mol. The Morgan fingerprint density at radius 1 is 0.720 bits per heavy atom. The van der Waals surface area contributed by atoms with E-state index < -0.39 is 0 Å². The van der Waals surface area contributed by atoms with Gasteiger partial charge >= 0.3 is 0 Å². The van der Waals surface area contributed by atoms with Crippen molar-refractivity contribution < 1.29 is 15.0 Å². The van der Waals surface area contributed by atoms with Gasteiger partial charge < -0.3 is 10.2 Å². The van der Waals surface area contributed by atoms with Crippen LogP contribution in [0.4, 0.5) is 0 Å². The summed E-state index contributed by atoms with van der Waals surface area (Å²) in [7, 11) is 0. The summed E-state index contributed by atoms with van der Waals surface area (Å²) in [5.41, 5.74) is 7.32. The molecule has 0 aliphatic heterocycles. The summed E-state index contributed by atoms with van der Waals surface area (Å²) in [6.45, 7) is 16.4. The summed E-state index contributed by atoms with van der Waals surface area (Å²) in [4.78, 5) is 18.1. The fraction of sp³-hybridized carbons (Fsp3) is 0.308. The molecule has 0 saturated carbocycles. The SMILES string of the molecule is C=C=NCCc1cc(-n2nc3ccccc3n2)c(O)c(C(C)(C)C)c1.CC(C)(C)c1cc(CCC(=O)Cl)cc(-n2nc3ccccc3n2)c1O. The maximum Gasteiger partial charge on any atom is 0.221 e. The number of phenols is 2. The molecular formula is C39H42ClN7O3. The zero-order valence-corrected chi connectivity index (χ0v) is 30.0. The summed E-state index contributed by atoms with van der Waals surface area (Å²) >= 11 is 5.48. The second-order valence-corrected chi connectivity index (χ2v) is 14.5. The largest absolute Gasteiger partial charge is 0.505 e. The molecule has 0 aliphatic rings. The van der Waals surface area contributed by atoms with Crippen molar-refractivity contribution in [2.24, 2.45) is 4.99 Å². The van der Waals surface area contributed by atoms with Gasteiger partial charge in [0.1, 0.15) is 44.9 Å². The first kappa shape index (κ1) is 36.0. The van der Waals surface area contributed by atoms with Crippen molar-refractivity contribution in [2.75, 3.05) is 6.54 Å². The number of aliphatic imine (C=N–C) groups is 1. The predicted molar refractivity (Wildman–Crippen MR) is 199 cm³/mol. The van der Waals surface area contributed by atoms with E-state index in [4.69, 9.17) is 11.6 Å². The average Bonchev–Trinajstić information content (AvgIpc) is 3.69. The zero-order valence-electron chi connectivity index (χ0n) is 29.3. The van der Waals surface area contributed by atoms with Crippen LogP contribution in [-0.2, 0) is 28.5 Å². The normalized spacial score (nSPS) is 11.7. The van der Waals surface area contributed by atoms with E-state index in [-0.39, 0.29) is 34.0 Å². The maximum atomic E-state index is 11.1. The molecule has 0 aliphatic carbocycles. The molecule has 0 amide bonds. The third kappa shape index (κ3) is 8.28. The smallest absolute Gasteiger partial charge is 0.221 e. The van der Waals surface area contributed by atoms with Gasteiger partial charge in [0.25, 0.3) is 0 Å². The molecule has 11 heteroatoms. The minimum atomic E-state index is -0.380. The van der Waals surface area contributed by atoms with Crippen LogP contribution in [0.25, 0.3) is 33.4 Å². The van der Waals surface area contributed by atoms with Crippen LogP contribution in [0, 0.1) is 0 Å². The van der Waals surface area contributed by atoms with E-state index in [9.17, 15) is 15.0 Å². The van der Waals surface area contributed by atoms with Crippen molar-refractivity contribution in [1.82, 2.24) is 30.0 Å². The summed E-state index contributed by atoms with van der Waals surface area (Å²) in [5.74, 6) is 2.91. The molecule has 0 spiro atoms. The number of carbonyl (C=O) groups excluding carboxylic acids is 1. The second-order valence-electron chi connectivity index (χ2n) is 14.1. The van der Waals surface area contributed by atoms with Crippen LogP contribution in [0.1, 0.15) is 70.2 Å². The number of carbonyl (C=O) groups is 1. The number of hydrogen-bond acceptors (Lipinski definition) is 8.